The van der Waals surface area contributed by atoms with E-state index in [1.807, 2.05) is 0 Å². The first-order chi connectivity index (χ1) is 9.76. The van der Waals surface area contributed by atoms with Crippen LogP contribution < -0.4 is 14.2 Å². The number of hydrogen-bond donors (Lipinski definition) is 0. The maximum atomic E-state index is 12.0. The number of benzene rings is 1. The van der Waals surface area contributed by atoms with Gasteiger partial charge in [-0.15, -0.1) is 0 Å². The van der Waals surface area contributed by atoms with Gasteiger partial charge in [-0.3, -0.25) is 0 Å². The highest BCUT2D eigenvalue weighted by Crippen LogP contribution is 2.40. The first-order valence-corrected chi connectivity index (χ1v) is 7.64. The molecule has 0 bridgehead atoms. The van der Waals surface area contributed by atoms with Gasteiger partial charge in [0.25, 0.3) is 0 Å². The largest absolute Gasteiger partial charge is 0.493 e. The standard InChI is InChI=1S/C14H18O5S/c1-3-20-7-6-19-14(15)10-8-11(16-2)13-12(9-10)17-4-5-18-13/h8-9H,3-7H2,1-2H3. The van der Waals surface area contributed by atoms with E-state index in [0.717, 1.165) is 11.5 Å². The van der Waals surface area contributed by atoms with Gasteiger partial charge in [0.05, 0.1) is 12.7 Å². The monoisotopic (exact) mass is 298 g/mol. The molecule has 0 saturated heterocycles. The van der Waals surface area contributed by atoms with Crippen LogP contribution in [0.3, 0.4) is 0 Å². The van der Waals surface area contributed by atoms with E-state index in [0.29, 0.717) is 42.6 Å². The normalized spacial score (nSPS) is 12.9. The van der Waals surface area contributed by atoms with Crippen LogP contribution in [0.1, 0.15) is 17.3 Å². The number of fused-ring (bicyclic) bond motifs is 1. The fourth-order valence-electron chi connectivity index (χ4n) is 1.81. The minimum absolute atomic E-state index is 0.378. The molecule has 1 aliphatic rings. The second kappa shape index (κ2) is 7.28. The number of esters is 1. The van der Waals surface area contributed by atoms with Gasteiger partial charge in [0.1, 0.15) is 19.8 Å². The minimum Gasteiger partial charge on any atom is -0.493 e. The molecule has 0 amide bonds. The van der Waals surface area contributed by atoms with Crippen LogP contribution in [-0.2, 0) is 4.74 Å². The fraction of sp³-hybridized carbons (Fsp3) is 0.500. The summed E-state index contributed by atoms with van der Waals surface area (Å²) in [5.74, 6) is 2.97. The Hall–Kier alpha value is -1.56. The van der Waals surface area contributed by atoms with Crippen LogP contribution in [0.2, 0.25) is 0 Å². The van der Waals surface area contributed by atoms with E-state index in [-0.39, 0.29) is 5.97 Å². The molecule has 0 atom stereocenters. The third kappa shape index (κ3) is 3.50. The summed E-state index contributed by atoms with van der Waals surface area (Å²) >= 11 is 1.73. The van der Waals surface area contributed by atoms with Gasteiger partial charge in [0.2, 0.25) is 5.75 Å². The highest BCUT2D eigenvalue weighted by Gasteiger charge is 2.21. The Morgan fingerprint density at radius 1 is 1.35 bits per heavy atom. The fourth-order valence-corrected chi connectivity index (χ4v) is 2.30. The summed E-state index contributed by atoms with van der Waals surface area (Å²) in [5, 5.41) is 0. The van der Waals surface area contributed by atoms with Gasteiger partial charge in [-0.2, -0.15) is 11.8 Å². The van der Waals surface area contributed by atoms with Crippen molar-refractivity contribution >= 4 is 17.7 Å². The Morgan fingerprint density at radius 3 is 2.90 bits per heavy atom. The molecule has 20 heavy (non-hydrogen) atoms. The van der Waals surface area contributed by atoms with Crippen LogP contribution in [0.25, 0.3) is 0 Å². The van der Waals surface area contributed by atoms with Crippen molar-refractivity contribution in [3.8, 4) is 17.2 Å². The molecule has 5 nitrogen and oxygen atoms in total. The maximum absolute atomic E-state index is 12.0. The number of ether oxygens (including phenoxy) is 4. The molecule has 1 heterocycles. The highest BCUT2D eigenvalue weighted by molar-refractivity contribution is 7.99. The Labute approximate surface area is 122 Å². The van der Waals surface area contributed by atoms with Crippen LogP contribution in [0.5, 0.6) is 17.2 Å². The van der Waals surface area contributed by atoms with Crippen molar-refractivity contribution in [3.63, 3.8) is 0 Å². The van der Waals surface area contributed by atoms with Gasteiger partial charge < -0.3 is 18.9 Å². The lowest BCUT2D eigenvalue weighted by molar-refractivity contribution is 0.0528. The summed E-state index contributed by atoms with van der Waals surface area (Å²) in [7, 11) is 1.53. The number of thioether (sulfide) groups is 1. The quantitative estimate of drug-likeness (QED) is 0.594. The van der Waals surface area contributed by atoms with E-state index in [1.54, 1.807) is 23.9 Å². The molecule has 2 rings (SSSR count). The number of rotatable bonds is 6. The van der Waals surface area contributed by atoms with Crippen LogP contribution >= 0.6 is 11.8 Å². The third-order valence-corrected chi connectivity index (χ3v) is 3.59. The summed E-state index contributed by atoms with van der Waals surface area (Å²) in [6.07, 6.45) is 0. The first kappa shape index (κ1) is 14.8. The molecule has 0 spiro atoms. The van der Waals surface area contributed by atoms with Gasteiger partial charge in [0, 0.05) is 5.75 Å². The van der Waals surface area contributed by atoms with Crippen molar-refractivity contribution in [2.75, 3.05) is 38.4 Å². The molecule has 0 aliphatic carbocycles. The van der Waals surface area contributed by atoms with Crippen LogP contribution in [0.4, 0.5) is 0 Å². The zero-order chi connectivity index (χ0) is 14.4. The van der Waals surface area contributed by atoms with Crippen molar-refractivity contribution < 1.29 is 23.7 Å². The summed E-state index contributed by atoms with van der Waals surface area (Å²) in [6.45, 7) is 3.40. The lowest BCUT2D eigenvalue weighted by Crippen LogP contribution is -2.17. The van der Waals surface area contributed by atoms with E-state index in [9.17, 15) is 4.79 Å². The van der Waals surface area contributed by atoms with Crippen molar-refractivity contribution in [2.24, 2.45) is 0 Å². The van der Waals surface area contributed by atoms with Crippen molar-refractivity contribution in [2.45, 2.75) is 6.92 Å². The second-order valence-corrected chi connectivity index (χ2v) is 5.43. The smallest absolute Gasteiger partial charge is 0.338 e. The Morgan fingerprint density at radius 2 is 2.15 bits per heavy atom. The van der Waals surface area contributed by atoms with Gasteiger partial charge in [-0.1, -0.05) is 6.92 Å². The van der Waals surface area contributed by atoms with Gasteiger partial charge in [-0.05, 0) is 17.9 Å². The van der Waals surface area contributed by atoms with Crippen LogP contribution in [0.15, 0.2) is 12.1 Å². The van der Waals surface area contributed by atoms with E-state index < -0.39 is 0 Å². The number of carbonyl (C=O) groups excluding carboxylic acids is 1. The van der Waals surface area contributed by atoms with Gasteiger partial charge >= 0.3 is 5.97 Å². The molecule has 0 radical (unpaired) electrons. The van der Waals surface area contributed by atoms with E-state index in [1.165, 1.54) is 7.11 Å². The Bertz CT molecular complexity index is 458. The summed E-state index contributed by atoms with van der Waals surface area (Å²) < 4.78 is 21.4. The van der Waals surface area contributed by atoms with Crippen LogP contribution in [0, 0.1) is 0 Å². The molecule has 0 unspecified atom stereocenters. The average Bonchev–Trinajstić information content (AvgIpc) is 2.50. The molecule has 0 N–H and O–H groups in total. The SMILES string of the molecule is CCSCCOC(=O)c1cc(OC)c2c(c1)OCCO2. The predicted octanol–water partition coefficient (Wildman–Crippen LogP) is 2.38. The van der Waals surface area contributed by atoms with E-state index in [4.69, 9.17) is 18.9 Å². The number of carbonyl (C=O) groups is 1. The Balaban J connectivity index is 2.09. The lowest BCUT2D eigenvalue weighted by Gasteiger charge is -2.21. The zero-order valence-electron chi connectivity index (χ0n) is 11.6. The van der Waals surface area contributed by atoms with Crippen molar-refractivity contribution in [3.05, 3.63) is 17.7 Å². The summed E-state index contributed by atoms with van der Waals surface area (Å²) in [5.41, 5.74) is 0.410. The van der Waals surface area contributed by atoms with Crippen LogP contribution in [-0.4, -0.2) is 44.4 Å². The molecule has 6 heteroatoms. The molecule has 0 saturated carbocycles. The summed E-state index contributed by atoms with van der Waals surface area (Å²) in [6, 6.07) is 3.25. The molecular weight excluding hydrogens is 280 g/mol. The minimum atomic E-state index is -0.378. The van der Waals surface area contributed by atoms with E-state index >= 15 is 0 Å². The zero-order valence-corrected chi connectivity index (χ0v) is 12.5. The second-order valence-electron chi connectivity index (χ2n) is 4.04. The highest BCUT2D eigenvalue weighted by atomic mass is 32.2. The van der Waals surface area contributed by atoms with Crippen molar-refractivity contribution in [1.29, 1.82) is 0 Å². The average molecular weight is 298 g/mol. The Kier molecular flexibility index (Phi) is 5.40. The maximum Gasteiger partial charge on any atom is 0.338 e. The molecule has 110 valence electrons. The molecule has 1 aromatic rings. The summed E-state index contributed by atoms with van der Waals surface area (Å²) in [4.78, 5) is 12.0. The molecule has 1 aliphatic heterocycles. The topological polar surface area (TPSA) is 54.0 Å². The van der Waals surface area contributed by atoms with Gasteiger partial charge in [-0.25, -0.2) is 4.79 Å². The molecule has 0 fully saturated rings. The lowest BCUT2D eigenvalue weighted by atomic mass is 10.1. The molecule has 0 aromatic heterocycles. The molecular formula is C14H18O5S. The first-order valence-electron chi connectivity index (χ1n) is 6.48. The van der Waals surface area contributed by atoms with Crippen molar-refractivity contribution in [1.82, 2.24) is 0 Å². The van der Waals surface area contributed by atoms with Gasteiger partial charge in [0.15, 0.2) is 11.5 Å². The predicted molar refractivity (Wildman–Crippen MR) is 77.3 cm³/mol. The number of methoxy groups -OCH3 is 1. The number of hydrogen-bond acceptors (Lipinski definition) is 6. The third-order valence-electron chi connectivity index (χ3n) is 2.73. The van der Waals surface area contributed by atoms with E-state index in [2.05, 4.69) is 6.92 Å². The molecule has 1 aromatic carbocycles.